The molecular formula is C20H20N4. The fraction of sp³-hybridized carbons (Fsp3) is 0.200. The Labute approximate surface area is 143 Å². The van der Waals surface area contributed by atoms with Crippen molar-refractivity contribution >= 4 is 22.6 Å². The molecule has 4 nitrogen and oxygen atoms in total. The smallest absolute Gasteiger partial charge is 0.212 e. The molecule has 2 aromatic carbocycles. The minimum absolute atomic E-state index is 0.375. The Morgan fingerprint density at radius 1 is 0.833 bits per heavy atom. The largest absolute Gasteiger partial charge is 0.378 e. The number of nitriles is 1. The molecule has 0 aliphatic carbocycles. The number of benzene rings is 2. The number of allylic oxidation sites excluding steroid dienone is 1. The molecule has 0 aromatic heterocycles. The summed E-state index contributed by atoms with van der Waals surface area (Å²) in [5.74, 6) is 0. The zero-order valence-corrected chi connectivity index (χ0v) is 14.4. The molecule has 0 aliphatic heterocycles. The van der Waals surface area contributed by atoms with Gasteiger partial charge in [0.05, 0.1) is 18.2 Å². The summed E-state index contributed by atoms with van der Waals surface area (Å²) < 4.78 is 0. The quantitative estimate of drug-likeness (QED) is 0.483. The van der Waals surface area contributed by atoms with E-state index in [1.54, 1.807) is 0 Å². The Morgan fingerprint density at radius 3 is 1.58 bits per heavy atom. The van der Waals surface area contributed by atoms with E-state index >= 15 is 0 Å². The Bertz CT molecular complexity index is 742. The van der Waals surface area contributed by atoms with Crippen LogP contribution in [0.4, 0.5) is 11.4 Å². The van der Waals surface area contributed by atoms with E-state index in [0.717, 1.165) is 22.5 Å². The zero-order valence-electron chi connectivity index (χ0n) is 14.4. The van der Waals surface area contributed by atoms with Crippen LogP contribution in [0.2, 0.25) is 0 Å². The minimum Gasteiger partial charge on any atom is -0.378 e. The number of nitrogens with zero attached hydrogens (tertiary/aromatic N) is 4. The van der Waals surface area contributed by atoms with Gasteiger partial charge in [0, 0.05) is 39.6 Å². The molecule has 0 atom stereocenters. The van der Waals surface area contributed by atoms with Crippen LogP contribution in [0.5, 0.6) is 0 Å². The van der Waals surface area contributed by atoms with Gasteiger partial charge in [0.25, 0.3) is 0 Å². The predicted octanol–water partition coefficient (Wildman–Crippen LogP) is 4.13. The standard InChI is InChI=1S/C20H20N4/c1-22-20(16-8-12-18(13-9-16)24(4)5)19(14-21)15-6-10-17(11-7-15)23(2)3/h6-13H,2-5H3/b20-19+. The molecule has 0 unspecified atom stereocenters. The summed E-state index contributed by atoms with van der Waals surface area (Å²) in [4.78, 5) is 7.61. The van der Waals surface area contributed by atoms with Crippen LogP contribution in [0.1, 0.15) is 11.1 Å². The van der Waals surface area contributed by atoms with Gasteiger partial charge >= 0.3 is 0 Å². The maximum Gasteiger partial charge on any atom is 0.212 e. The first kappa shape index (κ1) is 17.1. The van der Waals surface area contributed by atoms with Crippen LogP contribution in [0.25, 0.3) is 16.1 Å². The van der Waals surface area contributed by atoms with E-state index in [4.69, 9.17) is 6.57 Å². The molecule has 0 bridgehead atoms. The van der Waals surface area contributed by atoms with E-state index in [9.17, 15) is 5.26 Å². The molecular weight excluding hydrogens is 296 g/mol. The molecule has 24 heavy (non-hydrogen) atoms. The third-order valence-electron chi connectivity index (χ3n) is 3.79. The van der Waals surface area contributed by atoms with E-state index < -0.39 is 0 Å². The van der Waals surface area contributed by atoms with Gasteiger partial charge in [0.2, 0.25) is 5.70 Å². The van der Waals surface area contributed by atoms with Crippen LogP contribution < -0.4 is 9.80 Å². The second-order valence-corrected chi connectivity index (χ2v) is 5.83. The fourth-order valence-corrected chi connectivity index (χ4v) is 2.36. The third kappa shape index (κ3) is 3.56. The molecule has 0 aliphatic rings. The van der Waals surface area contributed by atoms with Crippen LogP contribution in [0.3, 0.4) is 0 Å². The van der Waals surface area contributed by atoms with Gasteiger partial charge < -0.3 is 9.80 Å². The van der Waals surface area contributed by atoms with Gasteiger partial charge in [0.1, 0.15) is 0 Å². The summed E-state index contributed by atoms with van der Waals surface area (Å²) in [6, 6.07) is 17.5. The lowest BCUT2D eigenvalue weighted by Crippen LogP contribution is -2.08. The van der Waals surface area contributed by atoms with Crippen molar-refractivity contribution in [2.75, 3.05) is 38.0 Å². The Balaban J connectivity index is 2.50. The first-order chi connectivity index (χ1) is 11.5. The average Bonchev–Trinajstić information content (AvgIpc) is 2.59. The molecule has 2 aromatic rings. The Hall–Kier alpha value is -3.24. The van der Waals surface area contributed by atoms with Crippen molar-refractivity contribution in [3.8, 4) is 6.07 Å². The highest BCUT2D eigenvalue weighted by molar-refractivity contribution is 6.00. The molecule has 0 N–H and O–H groups in total. The lowest BCUT2D eigenvalue weighted by molar-refractivity contribution is 1.13. The highest BCUT2D eigenvalue weighted by Crippen LogP contribution is 2.29. The van der Waals surface area contributed by atoms with Crippen molar-refractivity contribution in [2.24, 2.45) is 0 Å². The Morgan fingerprint density at radius 2 is 1.25 bits per heavy atom. The zero-order chi connectivity index (χ0) is 17.7. The number of anilines is 2. The van der Waals surface area contributed by atoms with Gasteiger partial charge in [0.15, 0.2) is 0 Å². The molecule has 0 fully saturated rings. The molecule has 0 amide bonds. The highest BCUT2D eigenvalue weighted by Gasteiger charge is 2.12. The maximum absolute atomic E-state index is 9.59. The molecule has 0 radical (unpaired) electrons. The van der Waals surface area contributed by atoms with Gasteiger partial charge in [-0.1, -0.05) is 24.3 Å². The van der Waals surface area contributed by atoms with Crippen molar-refractivity contribution in [2.45, 2.75) is 0 Å². The SMILES string of the molecule is [C-]#[N+]/C(=C(\C#N)c1ccc(N(C)C)cc1)c1ccc(N(C)C)cc1. The minimum atomic E-state index is 0.375. The normalized spacial score (nSPS) is 11.1. The first-order valence-corrected chi connectivity index (χ1v) is 7.55. The van der Waals surface area contributed by atoms with Gasteiger partial charge in [-0.2, -0.15) is 5.26 Å². The lowest BCUT2D eigenvalue weighted by atomic mass is 10.00. The van der Waals surface area contributed by atoms with Gasteiger partial charge in [-0.25, -0.2) is 4.85 Å². The second-order valence-electron chi connectivity index (χ2n) is 5.83. The summed E-state index contributed by atoms with van der Waals surface area (Å²) in [6.07, 6.45) is 0. The monoisotopic (exact) mass is 316 g/mol. The second kappa shape index (κ2) is 7.35. The van der Waals surface area contributed by atoms with Crippen LogP contribution in [0, 0.1) is 17.9 Å². The van der Waals surface area contributed by atoms with E-state index in [2.05, 4.69) is 10.9 Å². The van der Waals surface area contributed by atoms with Crippen molar-refractivity contribution < 1.29 is 0 Å². The third-order valence-corrected chi connectivity index (χ3v) is 3.79. The van der Waals surface area contributed by atoms with Crippen molar-refractivity contribution in [3.05, 3.63) is 71.1 Å². The van der Waals surface area contributed by atoms with Crippen molar-refractivity contribution in [1.29, 1.82) is 5.26 Å². The van der Waals surface area contributed by atoms with E-state index in [1.807, 2.05) is 86.5 Å². The maximum atomic E-state index is 9.59. The van der Waals surface area contributed by atoms with Crippen molar-refractivity contribution in [3.63, 3.8) is 0 Å². The molecule has 0 saturated heterocycles. The molecule has 4 heteroatoms. The number of hydrogen-bond acceptors (Lipinski definition) is 3. The summed E-state index contributed by atoms with van der Waals surface area (Å²) >= 11 is 0. The summed E-state index contributed by atoms with van der Waals surface area (Å²) in [6.45, 7) is 7.53. The molecule has 0 spiro atoms. The van der Waals surface area contributed by atoms with Gasteiger partial charge in [-0.3, -0.25) is 0 Å². The molecule has 0 heterocycles. The predicted molar refractivity (Wildman–Crippen MR) is 101 cm³/mol. The topological polar surface area (TPSA) is 34.6 Å². The lowest BCUT2D eigenvalue weighted by Gasteiger charge is -2.14. The van der Waals surface area contributed by atoms with Crippen LogP contribution >= 0.6 is 0 Å². The summed E-state index contributed by atoms with van der Waals surface area (Å²) in [5.41, 5.74) is 4.38. The molecule has 120 valence electrons. The average molecular weight is 316 g/mol. The van der Waals surface area contributed by atoms with Gasteiger partial charge in [-0.05, 0) is 35.4 Å². The van der Waals surface area contributed by atoms with Crippen LogP contribution in [-0.4, -0.2) is 28.2 Å². The fourth-order valence-electron chi connectivity index (χ4n) is 2.36. The van der Waals surface area contributed by atoms with Crippen LogP contribution in [-0.2, 0) is 0 Å². The van der Waals surface area contributed by atoms with Crippen LogP contribution in [0.15, 0.2) is 48.5 Å². The van der Waals surface area contributed by atoms with Crippen molar-refractivity contribution in [1.82, 2.24) is 0 Å². The van der Waals surface area contributed by atoms with E-state index in [0.29, 0.717) is 11.3 Å². The van der Waals surface area contributed by atoms with E-state index in [1.165, 1.54) is 0 Å². The Kier molecular flexibility index (Phi) is 5.24. The summed E-state index contributed by atoms with van der Waals surface area (Å²) in [7, 11) is 7.86. The first-order valence-electron chi connectivity index (χ1n) is 7.55. The summed E-state index contributed by atoms with van der Waals surface area (Å²) in [5, 5.41) is 9.59. The van der Waals surface area contributed by atoms with Gasteiger partial charge in [-0.15, -0.1) is 0 Å². The number of rotatable bonds is 4. The highest BCUT2D eigenvalue weighted by atomic mass is 15.1. The molecule has 0 saturated carbocycles. The van der Waals surface area contributed by atoms with E-state index in [-0.39, 0.29) is 0 Å². The number of hydrogen-bond donors (Lipinski definition) is 0. The molecule has 2 rings (SSSR count).